The molecule has 0 atom stereocenters. The van der Waals surface area contributed by atoms with E-state index in [1.807, 2.05) is 0 Å². The van der Waals surface area contributed by atoms with Crippen LogP contribution in [0.5, 0.6) is 0 Å². The standard InChI is InChI=1S/C12H17NO5S2/c1-12(16)4-6-13(7-5-12)20(17,18)11-3-2-9(19-11)8-10(14)15/h2-3,16H,4-8H2,1H3,(H,14,15). The highest BCUT2D eigenvalue weighted by Gasteiger charge is 2.34. The Balaban J connectivity index is 2.14. The first-order valence-corrected chi connectivity index (χ1v) is 8.49. The summed E-state index contributed by atoms with van der Waals surface area (Å²) in [4.78, 5) is 11.1. The Morgan fingerprint density at radius 2 is 2.00 bits per heavy atom. The fraction of sp³-hybridized carbons (Fsp3) is 0.583. The second kappa shape index (κ2) is 5.44. The van der Waals surface area contributed by atoms with Gasteiger partial charge in [0.2, 0.25) is 0 Å². The smallest absolute Gasteiger partial charge is 0.308 e. The number of carboxylic acids is 1. The third kappa shape index (κ3) is 3.38. The van der Waals surface area contributed by atoms with Gasteiger partial charge in [-0.05, 0) is 31.9 Å². The van der Waals surface area contributed by atoms with Crippen molar-refractivity contribution in [2.45, 2.75) is 36.0 Å². The number of hydrogen-bond donors (Lipinski definition) is 2. The molecule has 112 valence electrons. The molecule has 0 aromatic carbocycles. The van der Waals surface area contributed by atoms with Gasteiger partial charge in [0.15, 0.2) is 0 Å². The quantitative estimate of drug-likeness (QED) is 0.860. The number of aliphatic carboxylic acids is 1. The van der Waals surface area contributed by atoms with Crippen LogP contribution < -0.4 is 0 Å². The fourth-order valence-electron chi connectivity index (χ4n) is 2.08. The summed E-state index contributed by atoms with van der Waals surface area (Å²) < 4.78 is 26.3. The van der Waals surface area contributed by atoms with Crippen LogP contribution in [0.4, 0.5) is 0 Å². The van der Waals surface area contributed by atoms with E-state index in [1.54, 1.807) is 6.92 Å². The highest BCUT2D eigenvalue weighted by molar-refractivity contribution is 7.91. The van der Waals surface area contributed by atoms with Gasteiger partial charge >= 0.3 is 5.97 Å². The van der Waals surface area contributed by atoms with Gasteiger partial charge in [0.25, 0.3) is 10.0 Å². The third-order valence-corrected chi connectivity index (χ3v) is 6.81. The molecule has 1 aliphatic rings. The molecule has 0 aliphatic carbocycles. The summed E-state index contributed by atoms with van der Waals surface area (Å²) in [6.07, 6.45) is 0.633. The van der Waals surface area contributed by atoms with Gasteiger partial charge in [-0.15, -0.1) is 11.3 Å². The Labute approximate surface area is 121 Å². The number of aliphatic hydroxyl groups is 1. The molecule has 6 nitrogen and oxygen atoms in total. The van der Waals surface area contributed by atoms with E-state index in [0.717, 1.165) is 11.3 Å². The first kappa shape index (κ1) is 15.4. The van der Waals surface area contributed by atoms with Crippen LogP contribution in [0.3, 0.4) is 0 Å². The molecule has 1 saturated heterocycles. The Morgan fingerprint density at radius 3 is 2.55 bits per heavy atom. The zero-order chi connectivity index (χ0) is 15.0. The van der Waals surface area contributed by atoms with Gasteiger partial charge in [-0.1, -0.05) is 0 Å². The van der Waals surface area contributed by atoms with E-state index in [4.69, 9.17) is 5.11 Å². The van der Waals surface area contributed by atoms with Crippen molar-refractivity contribution in [3.8, 4) is 0 Å². The first-order chi connectivity index (χ1) is 9.21. The Morgan fingerprint density at radius 1 is 1.40 bits per heavy atom. The first-order valence-electron chi connectivity index (χ1n) is 6.24. The van der Waals surface area contributed by atoms with Gasteiger partial charge in [-0.25, -0.2) is 8.42 Å². The Bertz CT molecular complexity index is 595. The Kier molecular flexibility index (Phi) is 4.19. The molecular weight excluding hydrogens is 302 g/mol. The maximum atomic E-state index is 12.4. The lowest BCUT2D eigenvalue weighted by Crippen LogP contribution is -2.44. The Hall–Kier alpha value is -0.960. The second-order valence-corrected chi connectivity index (χ2v) is 8.53. The van der Waals surface area contributed by atoms with Crippen molar-refractivity contribution in [3.05, 3.63) is 17.0 Å². The van der Waals surface area contributed by atoms with Crippen molar-refractivity contribution in [2.75, 3.05) is 13.1 Å². The monoisotopic (exact) mass is 319 g/mol. The van der Waals surface area contributed by atoms with Gasteiger partial charge in [-0.2, -0.15) is 4.31 Å². The summed E-state index contributed by atoms with van der Waals surface area (Å²) in [7, 11) is -3.58. The average molecular weight is 319 g/mol. The molecule has 0 amide bonds. The molecule has 1 fully saturated rings. The topological polar surface area (TPSA) is 94.9 Å². The van der Waals surface area contributed by atoms with Crippen LogP contribution in [-0.4, -0.2) is 47.6 Å². The minimum atomic E-state index is -3.58. The van der Waals surface area contributed by atoms with Gasteiger partial charge in [0.1, 0.15) is 4.21 Å². The number of rotatable bonds is 4. The molecule has 2 rings (SSSR count). The van der Waals surface area contributed by atoms with Crippen LogP contribution in [0.15, 0.2) is 16.3 Å². The van der Waals surface area contributed by atoms with Crippen molar-refractivity contribution < 1.29 is 23.4 Å². The summed E-state index contributed by atoms with van der Waals surface area (Å²) in [5.74, 6) is -0.982. The van der Waals surface area contributed by atoms with E-state index >= 15 is 0 Å². The highest BCUT2D eigenvalue weighted by atomic mass is 32.2. The summed E-state index contributed by atoms with van der Waals surface area (Å²) in [5.41, 5.74) is -0.810. The van der Waals surface area contributed by atoms with Crippen molar-refractivity contribution in [1.29, 1.82) is 0 Å². The maximum Gasteiger partial charge on any atom is 0.308 e. The summed E-state index contributed by atoms with van der Waals surface area (Å²) >= 11 is 0.989. The van der Waals surface area contributed by atoms with Crippen LogP contribution in [0.25, 0.3) is 0 Å². The molecule has 1 aromatic heterocycles. The summed E-state index contributed by atoms with van der Waals surface area (Å²) in [6, 6.07) is 2.98. The average Bonchev–Trinajstić information content (AvgIpc) is 2.76. The minimum Gasteiger partial charge on any atom is -0.481 e. The van der Waals surface area contributed by atoms with E-state index in [1.165, 1.54) is 16.4 Å². The van der Waals surface area contributed by atoms with Crippen molar-refractivity contribution in [2.24, 2.45) is 0 Å². The van der Waals surface area contributed by atoms with Crippen LogP contribution in [0.2, 0.25) is 0 Å². The number of carboxylic acid groups (broad SMARTS) is 1. The molecule has 2 N–H and O–H groups in total. The molecule has 1 aromatic rings. The number of nitrogens with zero attached hydrogens (tertiary/aromatic N) is 1. The molecule has 8 heteroatoms. The number of carbonyl (C=O) groups is 1. The number of piperidine rings is 1. The summed E-state index contributed by atoms with van der Waals surface area (Å²) in [5, 5.41) is 18.6. The lowest BCUT2D eigenvalue weighted by atomic mass is 9.95. The highest BCUT2D eigenvalue weighted by Crippen LogP contribution is 2.29. The van der Waals surface area contributed by atoms with Crippen LogP contribution in [0, 0.1) is 0 Å². The molecule has 0 radical (unpaired) electrons. The maximum absolute atomic E-state index is 12.4. The number of sulfonamides is 1. The van der Waals surface area contributed by atoms with Crippen LogP contribution in [-0.2, 0) is 21.2 Å². The van der Waals surface area contributed by atoms with Gasteiger partial charge < -0.3 is 10.2 Å². The molecule has 0 unspecified atom stereocenters. The lowest BCUT2D eigenvalue weighted by Gasteiger charge is -2.34. The molecular formula is C12H17NO5S2. The van der Waals surface area contributed by atoms with Crippen molar-refractivity contribution in [3.63, 3.8) is 0 Å². The minimum absolute atomic E-state index is 0.162. The van der Waals surface area contributed by atoms with Crippen LogP contribution in [0.1, 0.15) is 24.6 Å². The van der Waals surface area contributed by atoms with Gasteiger partial charge in [-0.3, -0.25) is 4.79 Å². The summed E-state index contributed by atoms with van der Waals surface area (Å²) in [6.45, 7) is 2.26. The zero-order valence-electron chi connectivity index (χ0n) is 11.1. The number of hydrogen-bond acceptors (Lipinski definition) is 5. The van der Waals surface area contributed by atoms with E-state index in [2.05, 4.69) is 0 Å². The van der Waals surface area contributed by atoms with E-state index in [0.29, 0.717) is 17.7 Å². The normalized spacial score (nSPS) is 19.9. The second-order valence-electron chi connectivity index (χ2n) is 5.19. The molecule has 0 bridgehead atoms. The van der Waals surface area contributed by atoms with E-state index in [9.17, 15) is 18.3 Å². The van der Waals surface area contributed by atoms with Gasteiger partial charge in [0.05, 0.1) is 12.0 Å². The molecule has 1 aliphatic heterocycles. The van der Waals surface area contributed by atoms with Gasteiger partial charge in [0, 0.05) is 18.0 Å². The third-order valence-electron chi connectivity index (χ3n) is 3.36. The molecule has 2 heterocycles. The molecule has 20 heavy (non-hydrogen) atoms. The lowest BCUT2D eigenvalue weighted by molar-refractivity contribution is -0.136. The zero-order valence-corrected chi connectivity index (χ0v) is 12.7. The fourth-order valence-corrected chi connectivity index (χ4v) is 5.02. The van der Waals surface area contributed by atoms with Crippen molar-refractivity contribution in [1.82, 2.24) is 4.31 Å². The SMILES string of the molecule is CC1(O)CCN(S(=O)(=O)c2ccc(CC(=O)O)s2)CC1. The van der Waals surface area contributed by atoms with Crippen LogP contribution >= 0.6 is 11.3 Å². The predicted octanol–water partition coefficient (Wildman–Crippen LogP) is 0.911. The predicted molar refractivity (Wildman–Crippen MR) is 74.3 cm³/mol. The van der Waals surface area contributed by atoms with E-state index < -0.39 is 21.6 Å². The van der Waals surface area contributed by atoms with Crippen molar-refractivity contribution >= 4 is 27.3 Å². The van der Waals surface area contributed by atoms with E-state index in [-0.39, 0.29) is 23.7 Å². The molecule has 0 saturated carbocycles. The largest absolute Gasteiger partial charge is 0.481 e. The molecule has 0 spiro atoms. The number of thiophene rings is 1.